The largest absolute Gasteiger partial charge is 0.396 e. The lowest BCUT2D eigenvalue weighted by Crippen LogP contribution is -2.38. The van der Waals surface area contributed by atoms with Crippen molar-refractivity contribution in [3.8, 4) is 0 Å². The number of aromatic nitrogens is 1. The molecule has 0 unspecified atom stereocenters. The fraction of sp³-hybridized carbons (Fsp3) is 0.625. The van der Waals surface area contributed by atoms with Crippen molar-refractivity contribution in [3.63, 3.8) is 0 Å². The summed E-state index contributed by atoms with van der Waals surface area (Å²) in [5.41, 5.74) is 1.36. The van der Waals surface area contributed by atoms with Crippen molar-refractivity contribution in [1.82, 2.24) is 10.3 Å². The van der Waals surface area contributed by atoms with Crippen LogP contribution in [0.5, 0.6) is 0 Å². The first-order valence-corrected chi connectivity index (χ1v) is 8.62. The van der Waals surface area contributed by atoms with E-state index in [2.05, 4.69) is 31.5 Å². The maximum atomic E-state index is 12.5. The molecule has 22 heavy (non-hydrogen) atoms. The van der Waals surface area contributed by atoms with E-state index in [1.807, 2.05) is 19.9 Å². The first-order chi connectivity index (χ1) is 10.5. The number of aliphatic hydroxyl groups is 1. The predicted octanol–water partition coefficient (Wildman–Crippen LogP) is 2.95. The summed E-state index contributed by atoms with van der Waals surface area (Å²) in [6.45, 7) is 4.32. The number of pyridine rings is 1. The van der Waals surface area contributed by atoms with E-state index in [0.29, 0.717) is 16.1 Å². The molecule has 0 atom stereocenters. The van der Waals surface area contributed by atoms with Crippen molar-refractivity contribution in [2.45, 2.75) is 51.6 Å². The van der Waals surface area contributed by atoms with Gasteiger partial charge in [0.2, 0.25) is 0 Å². The van der Waals surface area contributed by atoms with Crippen molar-refractivity contribution in [1.29, 1.82) is 0 Å². The van der Waals surface area contributed by atoms with Gasteiger partial charge in [-0.05, 0) is 67.4 Å². The Hall–Kier alpha value is -1.14. The van der Waals surface area contributed by atoms with E-state index in [4.69, 9.17) is 0 Å². The van der Waals surface area contributed by atoms with Gasteiger partial charge in [-0.2, -0.15) is 0 Å². The van der Waals surface area contributed by atoms with Crippen LogP contribution in [-0.2, 0) is 0 Å². The van der Waals surface area contributed by atoms with Gasteiger partial charge in [0, 0.05) is 24.9 Å². The number of nitrogens with one attached hydrogen (secondary N) is 2. The molecule has 1 saturated carbocycles. The minimum Gasteiger partial charge on any atom is -0.396 e. The molecular formula is C16H24BrN3O2. The molecule has 1 heterocycles. The molecule has 1 aromatic heterocycles. The Bertz CT molecular complexity index is 514. The lowest BCUT2D eigenvalue weighted by atomic mass is 9.86. The third-order valence-corrected chi connectivity index (χ3v) is 4.43. The molecule has 1 amide bonds. The van der Waals surface area contributed by atoms with Crippen LogP contribution in [0.1, 0.15) is 49.9 Å². The smallest absolute Gasteiger partial charge is 0.255 e. The van der Waals surface area contributed by atoms with E-state index in [1.54, 1.807) is 6.20 Å². The Morgan fingerprint density at radius 2 is 2.09 bits per heavy atom. The van der Waals surface area contributed by atoms with Gasteiger partial charge in [-0.15, -0.1) is 0 Å². The summed E-state index contributed by atoms with van der Waals surface area (Å²) in [7, 11) is 0. The number of aliphatic hydroxyl groups excluding tert-OH is 1. The van der Waals surface area contributed by atoms with E-state index in [0.717, 1.165) is 31.4 Å². The zero-order valence-corrected chi connectivity index (χ0v) is 14.7. The van der Waals surface area contributed by atoms with E-state index < -0.39 is 0 Å². The molecule has 1 fully saturated rings. The molecule has 3 N–H and O–H groups in total. The number of nitrogens with zero attached hydrogens (tertiary/aromatic N) is 1. The number of anilines is 1. The highest BCUT2D eigenvalue weighted by atomic mass is 79.9. The zero-order chi connectivity index (χ0) is 16.1. The van der Waals surface area contributed by atoms with Gasteiger partial charge in [0.15, 0.2) is 0 Å². The summed E-state index contributed by atoms with van der Waals surface area (Å²) in [6, 6.07) is 2.25. The summed E-state index contributed by atoms with van der Waals surface area (Å²) in [5.74, 6) is 0.302. The third kappa shape index (κ3) is 4.68. The maximum Gasteiger partial charge on any atom is 0.255 e. The Morgan fingerprint density at radius 3 is 2.68 bits per heavy atom. The molecule has 0 aromatic carbocycles. The molecule has 0 spiro atoms. The monoisotopic (exact) mass is 369 g/mol. The maximum absolute atomic E-state index is 12.5. The molecule has 122 valence electrons. The highest BCUT2D eigenvalue weighted by Crippen LogP contribution is 2.25. The SMILES string of the molecule is CC(C)Nc1cc(Br)ncc1C(=O)NC1CCC(CO)CC1. The van der Waals surface area contributed by atoms with Crippen LogP contribution < -0.4 is 10.6 Å². The topological polar surface area (TPSA) is 74.2 Å². The van der Waals surface area contributed by atoms with E-state index in [9.17, 15) is 9.90 Å². The summed E-state index contributed by atoms with van der Waals surface area (Å²) in [6.07, 6.45) is 5.39. The lowest BCUT2D eigenvalue weighted by Gasteiger charge is -2.28. The standard InChI is InChI=1S/C16H24BrN3O2/c1-10(2)19-14-7-15(17)18-8-13(14)16(22)20-12-5-3-11(9-21)4-6-12/h7-8,10-12,21H,3-6,9H2,1-2H3,(H,18,19)(H,20,22). The second-order valence-corrected chi connectivity index (χ2v) is 7.04. The molecule has 1 aromatic rings. The number of carbonyl (C=O) groups excluding carboxylic acids is 1. The normalized spacial score (nSPS) is 21.7. The second kappa shape index (κ2) is 7.92. The van der Waals surface area contributed by atoms with Gasteiger partial charge < -0.3 is 15.7 Å². The van der Waals surface area contributed by atoms with E-state index >= 15 is 0 Å². The van der Waals surface area contributed by atoms with Gasteiger partial charge in [0.05, 0.1) is 11.3 Å². The molecule has 0 bridgehead atoms. The van der Waals surface area contributed by atoms with Gasteiger partial charge in [0.25, 0.3) is 5.91 Å². The molecule has 5 nitrogen and oxygen atoms in total. The highest BCUT2D eigenvalue weighted by Gasteiger charge is 2.23. The molecule has 0 radical (unpaired) electrons. The number of halogens is 1. The predicted molar refractivity (Wildman–Crippen MR) is 91.0 cm³/mol. The number of rotatable bonds is 5. The minimum absolute atomic E-state index is 0.0874. The quantitative estimate of drug-likeness (QED) is 0.697. The number of carbonyl (C=O) groups is 1. The number of hydrogen-bond acceptors (Lipinski definition) is 4. The molecule has 0 aliphatic heterocycles. The molecule has 1 aliphatic carbocycles. The Balaban J connectivity index is 2.03. The lowest BCUT2D eigenvalue weighted by molar-refractivity contribution is 0.0914. The van der Waals surface area contributed by atoms with Gasteiger partial charge in [-0.3, -0.25) is 4.79 Å². The molecule has 1 aliphatic rings. The van der Waals surface area contributed by atoms with E-state index in [-0.39, 0.29) is 24.6 Å². The summed E-state index contributed by atoms with van der Waals surface area (Å²) >= 11 is 3.34. The van der Waals surface area contributed by atoms with Crippen LogP contribution in [0.4, 0.5) is 5.69 Å². The third-order valence-electron chi connectivity index (χ3n) is 4.00. The average molecular weight is 370 g/mol. The van der Waals surface area contributed by atoms with Crippen LogP contribution in [0.2, 0.25) is 0 Å². The summed E-state index contributed by atoms with van der Waals surface area (Å²) in [4.78, 5) is 16.7. The van der Waals surface area contributed by atoms with Crippen LogP contribution in [0, 0.1) is 5.92 Å². The van der Waals surface area contributed by atoms with Crippen LogP contribution in [-0.4, -0.2) is 34.7 Å². The van der Waals surface area contributed by atoms with Gasteiger partial charge in [0.1, 0.15) is 4.60 Å². The van der Waals surface area contributed by atoms with Crippen molar-refractivity contribution >= 4 is 27.5 Å². The first-order valence-electron chi connectivity index (χ1n) is 7.83. The van der Waals surface area contributed by atoms with Crippen LogP contribution in [0.25, 0.3) is 0 Å². The molecular weight excluding hydrogens is 346 g/mol. The highest BCUT2D eigenvalue weighted by molar-refractivity contribution is 9.10. The Kier molecular flexibility index (Phi) is 6.20. The van der Waals surface area contributed by atoms with Crippen LogP contribution in [0.3, 0.4) is 0 Å². The van der Waals surface area contributed by atoms with Gasteiger partial charge in [-0.25, -0.2) is 4.98 Å². The zero-order valence-electron chi connectivity index (χ0n) is 13.1. The fourth-order valence-electron chi connectivity index (χ4n) is 2.79. The fourth-order valence-corrected chi connectivity index (χ4v) is 3.13. The minimum atomic E-state index is -0.0874. The molecule has 2 rings (SSSR count). The number of amides is 1. The van der Waals surface area contributed by atoms with Gasteiger partial charge >= 0.3 is 0 Å². The molecule has 6 heteroatoms. The van der Waals surface area contributed by atoms with Crippen LogP contribution in [0.15, 0.2) is 16.9 Å². The average Bonchev–Trinajstić information content (AvgIpc) is 2.47. The Morgan fingerprint density at radius 1 is 1.41 bits per heavy atom. The van der Waals surface area contributed by atoms with E-state index in [1.165, 1.54) is 0 Å². The van der Waals surface area contributed by atoms with Gasteiger partial charge in [-0.1, -0.05) is 0 Å². The number of hydrogen-bond donors (Lipinski definition) is 3. The van der Waals surface area contributed by atoms with Crippen LogP contribution >= 0.6 is 15.9 Å². The van der Waals surface area contributed by atoms with Crippen molar-refractivity contribution in [2.75, 3.05) is 11.9 Å². The van der Waals surface area contributed by atoms with Crippen molar-refractivity contribution in [2.24, 2.45) is 5.92 Å². The van der Waals surface area contributed by atoms with Crippen molar-refractivity contribution in [3.05, 3.63) is 22.4 Å². The first kappa shape index (κ1) is 17.2. The summed E-state index contributed by atoms with van der Waals surface area (Å²) in [5, 5.41) is 15.6. The van der Waals surface area contributed by atoms with Crippen molar-refractivity contribution < 1.29 is 9.90 Å². The Labute approximate surface area is 140 Å². The second-order valence-electron chi connectivity index (χ2n) is 6.23. The summed E-state index contributed by atoms with van der Waals surface area (Å²) < 4.78 is 0.704. The molecule has 0 saturated heterocycles.